The summed E-state index contributed by atoms with van der Waals surface area (Å²) in [6, 6.07) is 2.00. The Kier molecular flexibility index (Phi) is 5.81. The van der Waals surface area contributed by atoms with E-state index in [4.69, 9.17) is 0 Å². The number of aromatic amines is 1. The van der Waals surface area contributed by atoms with Crippen molar-refractivity contribution >= 4 is 27.9 Å². The third kappa shape index (κ3) is 4.30. The molecule has 8 nitrogen and oxygen atoms in total. The third-order valence-corrected chi connectivity index (χ3v) is 6.90. The van der Waals surface area contributed by atoms with Gasteiger partial charge in [0.2, 0.25) is 10.0 Å². The van der Waals surface area contributed by atoms with Crippen LogP contribution in [0.4, 0.5) is 0 Å². The van der Waals surface area contributed by atoms with Crippen molar-refractivity contribution in [2.75, 3.05) is 5.75 Å². The van der Waals surface area contributed by atoms with E-state index < -0.39 is 10.0 Å². The first-order valence-electron chi connectivity index (χ1n) is 9.39. The van der Waals surface area contributed by atoms with Crippen molar-refractivity contribution in [3.63, 3.8) is 0 Å². The number of fused-ring (bicyclic) bond motifs is 1. The first-order valence-corrected chi connectivity index (χ1v) is 11.0. The molecule has 3 rings (SSSR count). The van der Waals surface area contributed by atoms with E-state index in [1.165, 1.54) is 0 Å². The summed E-state index contributed by atoms with van der Waals surface area (Å²) in [5, 5.41) is 7.83. The number of nitrogens with one attached hydrogen (secondary N) is 2. The zero-order valence-electron chi connectivity index (χ0n) is 16.1. The van der Waals surface area contributed by atoms with Crippen LogP contribution in [-0.4, -0.2) is 41.5 Å². The fourth-order valence-electron chi connectivity index (χ4n) is 4.15. The van der Waals surface area contributed by atoms with Crippen molar-refractivity contribution in [2.45, 2.75) is 52.1 Å². The lowest BCUT2D eigenvalue weighted by Gasteiger charge is -2.22. The number of H-pyrrole nitrogens is 1. The van der Waals surface area contributed by atoms with Gasteiger partial charge in [-0.2, -0.15) is 5.10 Å². The molecule has 0 radical (unpaired) electrons. The van der Waals surface area contributed by atoms with Crippen molar-refractivity contribution in [2.24, 2.45) is 22.0 Å². The molecule has 0 spiro atoms. The lowest BCUT2D eigenvalue weighted by atomic mass is 10.00. The minimum Gasteiger partial charge on any atom is -0.345 e. The quantitative estimate of drug-likeness (QED) is 0.557. The second-order valence-electron chi connectivity index (χ2n) is 7.64. The van der Waals surface area contributed by atoms with E-state index in [2.05, 4.69) is 43.1 Å². The van der Waals surface area contributed by atoms with Gasteiger partial charge in [0.1, 0.15) is 0 Å². The summed E-state index contributed by atoms with van der Waals surface area (Å²) < 4.78 is 29.8. The van der Waals surface area contributed by atoms with Gasteiger partial charge in [-0.3, -0.25) is 0 Å². The van der Waals surface area contributed by atoms with Gasteiger partial charge in [-0.1, -0.05) is 27.2 Å². The van der Waals surface area contributed by atoms with Gasteiger partial charge in [0.25, 0.3) is 0 Å². The molecule has 2 N–H and O–H groups in total. The van der Waals surface area contributed by atoms with Crippen molar-refractivity contribution in [1.82, 2.24) is 19.3 Å². The third-order valence-electron chi connectivity index (χ3n) is 5.10. The summed E-state index contributed by atoms with van der Waals surface area (Å²) in [6.45, 7) is 9.43. The Morgan fingerprint density at radius 3 is 2.89 bits per heavy atom. The van der Waals surface area contributed by atoms with E-state index >= 15 is 0 Å². The lowest BCUT2D eigenvalue weighted by Crippen LogP contribution is -2.36. The van der Waals surface area contributed by atoms with Crippen LogP contribution in [-0.2, 0) is 10.0 Å². The highest BCUT2D eigenvalue weighted by Gasteiger charge is 2.37. The van der Waals surface area contributed by atoms with E-state index in [0.29, 0.717) is 17.8 Å². The normalized spacial score (nSPS) is 24.1. The average molecular weight is 393 g/mol. The van der Waals surface area contributed by atoms with Gasteiger partial charge >= 0.3 is 0 Å². The van der Waals surface area contributed by atoms with E-state index in [9.17, 15) is 8.42 Å². The second-order valence-corrected chi connectivity index (χ2v) is 9.43. The Bertz CT molecular complexity index is 975. The maximum absolute atomic E-state index is 12.4. The molecule has 1 aliphatic rings. The Morgan fingerprint density at radius 1 is 1.44 bits per heavy atom. The van der Waals surface area contributed by atoms with E-state index in [-0.39, 0.29) is 23.8 Å². The minimum absolute atomic E-state index is 0.0807. The predicted octanol–water partition coefficient (Wildman–Crippen LogP) is 2.19. The van der Waals surface area contributed by atoms with Crippen LogP contribution in [0.5, 0.6) is 0 Å². The Balaban J connectivity index is 1.96. The minimum atomic E-state index is -3.28. The van der Waals surface area contributed by atoms with Gasteiger partial charge in [-0.25, -0.2) is 18.1 Å². The van der Waals surface area contributed by atoms with Crippen LogP contribution in [0, 0.1) is 11.8 Å². The fraction of sp³-hybridized carbons (Fsp3) is 0.611. The van der Waals surface area contributed by atoms with Gasteiger partial charge in [0, 0.05) is 25.0 Å². The van der Waals surface area contributed by atoms with Gasteiger partial charge in [-0.15, -0.1) is 5.10 Å². The first kappa shape index (κ1) is 19.8. The summed E-state index contributed by atoms with van der Waals surface area (Å²) >= 11 is 0. The average Bonchev–Trinajstić information content (AvgIpc) is 3.19. The van der Waals surface area contributed by atoms with Crippen LogP contribution in [0.15, 0.2) is 28.7 Å². The number of hydrogen-bond donors (Lipinski definition) is 2. The Labute approximate surface area is 159 Å². The summed E-state index contributed by atoms with van der Waals surface area (Å²) in [6.07, 6.45) is 5.99. The molecule has 1 unspecified atom stereocenters. The van der Waals surface area contributed by atoms with Crippen LogP contribution in [0.2, 0.25) is 0 Å². The SMILES string of the molecule is C=N/N=c1/cnc2[nH]ccc2n1C1C[C@@H](NS(=O)(=O)CC(C)C)C[C@H]1CC. The van der Waals surface area contributed by atoms with Crippen LogP contribution in [0.3, 0.4) is 0 Å². The van der Waals surface area contributed by atoms with Gasteiger partial charge < -0.3 is 9.55 Å². The molecule has 2 aromatic rings. The van der Waals surface area contributed by atoms with Crippen molar-refractivity contribution < 1.29 is 8.42 Å². The molecular formula is C18H28N6O2S. The van der Waals surface area contributed by atoms with Gasteiger partial charge in [0.15, 0.2) is 11.1 Å². The molecule has 3 atom stereocenters. The van der Waals surface area contributed by atoms with Gasteiger partial charge in [0.05, 0.1) is 17.5 Å². The molecule has 0 bridgehead atoms. The van der Waals surface area contributed by atoms with E-state index in [1.807, 2.05) is 26.1 Å². The summed E-state index contributed by atoms with van der Waals surface area (Å²) in [5.74, 6) is 0.580. The molecule has 148 valence electrons. The van der Waals surface area contributed by atoms with Gasteiger partial charge in [-0.05, 0) is 30.7 Å². The number of sulfonamides is 1. The monoisotopic (exact) mass is 392 g/mol. The zero-order valence-corrected chi connectivity index (χ0v) is 16.9. The number of aromatic nitrogens is 3. The maximum Gasteiger partial charge on any atom is 0.212 e. The largest absolute Gasteiger partial charge is 0.345 e. The van der Waals surface area contributed by atoms with Crippen LogP contribution in [0.25, 0.3) is 11.2 Å². The second kappa shape index (κ2) is 7.93. The highest BCUT2D eigenvalue weighted by atomic mass is 32.2. The number of nitrogens with zero attached hydrogens (tertiary/aromatic N) is 4. The maximum atomic E-state index is 12.4. The topological polar surface area (TPSA) is 104 Å². The predicted molar refractivity (Wildman–Crippen MR) is 107 cm³/mol. The lowest BCUT2D eigenvalue weighted by molar-refractivity contribution is 0.367. The highest BCUT2D eigenvalue weighted by molar-refractivity contribution is 7.89. The molecule has 0 aromatic carbocycles. The van der Waals surface area contributed by atoms with E-state index in [1.54, 1.807) is 6.20 Å². The fourth-order valence-corrected chi connectivity index (χ4v) is 5.82. The zero-order chi connectivity index (χ0) is 19.6. The molecule has 0 amide bonds. The molecule has 2 aromatic heterocycles. The van der Waals surface area contributed by atoms with Crippen LogP contribution < -0.4 is 10.2 Å². The molecule has 9 heteroatoms. The molecule has 1 saturated carbocycles. The molecule has 1 aliphatic carbocycles. The molecule has 2 heterocycles. The standard InChI is InChI=1S/C18H28N6O2S/c1-5-13-8-14(23-27(25,26)11-12(2)3)9-16(13)24-15-6-7-20-18(15)21-10-17(24)22-19-4/h6-7,10,12-14,16,20,23H,4-5,8-9,11H2,1-3H3/b22-17-/t13-,14+,16?/m1/s1. The number of hydrogen-bond acceptors (Lipinski definition) is 5. The Hall–Kier alpha value is -2.00. The van der Waals surface area contributed by atoms with Crippen molar-refractivity contribution in [1.29, 1.82) is 0 Å². The van der Waals surface area contributed by atoms with Crippen LogP contribution >= 0.6 is 0 Å². The summed E-state index contributed by atoms with van der Waals surface area (Å²) in [7, 11) is -3.28. The van der Waals surface area contributed by atoms with Crippen molar-refractivity contribution in [3.05, 3.63) is 23.9 Å². The smallest absolute Gasteiger partial charge is 0.212 e. The van der Waals surface area contributed by atoms with E-state index in [0.717, 1.165) is 24.0 Å². The first-order chi connectivity index (χ1) is 12.8. The Morgan fingerprint density at radius 2 is 2.22 bits per heavy atom. The highest BCUT2D eigenvalue weighted by Crippen LogP contribution is 2.38. The van der Waals surface area contributed by atoms with Crippen LogP contribution in [0.1, 0.15) is 46.1 Å². The molecule has 27 heavy (non-hydrogen) atoms. The van der Waals surface area contributed by atoms with Crippen molar-refractivity contribution in [3.8, 4) is 0 Å². The molecule has 0 saturated heterocycles. The molecule has 0 aliphatic heterocycles. The summed E-state index contributed by atoms with van der Waals surface area (Å²) in [5.41, 5.74) is 2.34. The molecular weight excluding hydrogens is 364 g/mol. The number of rotatable bonds is 7. The molecule has 1 fully saturated rings. The summed E-state index contributed by atoms with van der Waals surface area (Å²) in [4.78, 5) is 7.51.